The number of non-ortho nitro benzene ring substituents is 1. The SMILES string of the molecule is CSc1nc(C(=O)OCC(=O)Nc2ccc([N+](=O)[O-])cc2Cl)c2ccccn12. The molecule has 28 heavy (non-hydrogen) atoms. The minimum atomic E-state index is -0.742. The lowest BCUT2D eigenvalue weighted by atomic mass is 10.3. The quantitative estimate of drug-likeness (QED) is 0.281. The number of benzene rings is 1. The van der Waals surface area contributed by atoms with Gasteiger partial charge in [0.25, 0.3) is 11.6 Å². The van der Waals surface area contributed by atoms with Gasteiger partial charge in [0, 0.05) is 18.3 Å². The predicted molar refractivity (Wildman–Crippen MR) is 104 cm³/mol. The monoisotopic (exact) mass is 420 g/mol. The summed E-state index contributed by atoms with van der Waals surface area (Å²) >= 11 is 7.29. The number of fused-ring (bicyclic) bond motifs is 1. The maximum absolute atomic E-state index is 12.3. The number of nitrogens with one attached hydrogen (secondary N) is 1. The van der Waals surface area contributed by atoms with Gasteiger partial charge in [-0.15, -0.1) is 0 Å². The first-order valence-corrected chi connectivity index (χ1v) is 9.43. The molecule has 0 spiro atoms. The summed E-state index contributed by atoms with van der Waals surface area (Å²) in [5, 5.41) is 13.8. The summed E-state index contributed by atoms with van der Waals surface area (Å²) in [5.74, 6) is -1.38. The van der Waals surface area contributed by atoms with E-state index in [1.54, 1.807) is 22.7 Å². The van der Waals surface area contributed by atoms with Crippen molar-refractivity contribution >= 4 is 52.1 Å². The Morgan fingerprint density at radius 1 is 1.36 bits per heavy atom. The number of pyridine rings is 1. The standard InChI is InChI=1S/C17H13ClN4O5S/c1-28-17-20-15(13-4-2-3-7-21(13)17)16(24)27-9-14(23)19-12-6-5-10(22(25)26)8-11(12)18/h2-8H,9H2,1H3,(H,19,23). The first kappa shape index (κ1) is 19.6. The molecule has 0 radical (unpaired) electrons. The number of thioether (sulfide) groups is 1. The van der Waals surface area contributed by atoms with Crippen molar-refractivity contribution < 1.29 is 19.2 Å². The van der Waals surface area contributed by atoms with Crippen LogP contribution in [-0.4, -0.2) is 39.0 Å². The van der Waals surface area contributed by atoms with E-state index in [0.717, 1.165) is 6.07 Å². The Morgan fingerprint density at radius 3 is 2.82 bits per heavy atom. The molecule has 2 heterocycles. The van der Waals surface area contributed by atoms with Gasteiger partial charge in [-0.05, 0) is 24.5 Å². The van der Waals surface area contributed by atoms with Crippen LogP contribution in [-0.2, 0) is 9.53 Å². The number of hydrogen-bond acceptors (Lipinski definition) is 7. The number of rotatable bonds is 6. The fourth-order valence-corrected chi connectivity index (χ4v) is 3.17. The largest absolute Gasteiger partial charge is 0.451 e. The molecule has 144 valence electrons. The van der Waals surface area contributed by atoms with Gasteiger partial charge < -0.3 is 10.1 Å². The number of nitro benzene ring substituents is 1. The van der Waals surface area contributed by atoms with Crippen LogP contribution >= 0.6 is 23.4 Å². The zero-order chi connectivity index (χ0) is 20.3. The highest BCUT2D eigenvalue weighted by atomic mass is 35.5. The van der Waals surface area contributed by atoms with Crippen LogP contribution in [0, 0.1) is 10.1 Å². The van der Waals surface area contributed by atoms with E-state index in [4.69, 9.17) is 16.3 Å². The third kappa shape index (κ3) is 4.07. The van der Waals surface area contributed by atoms with Crippen molar-refractivity contribution in [2.75, 3.05) is 18.2 Å². The molecule has 3 rings (SSSR count). The number of imidazole rings is 1. The fraction of sp³-hybridized carbons (Fsp3) is 0.118. The van der Waals surface area contributed by atoms with E-state index in [-0.39, 0.29) is 22.1 Å². The molecule has 0 aliphatic carbocycles. The Bertz CT molecular complexity index is 1080. The second-order valence-corrected chi connectivity index (χ2v) is 6.63. The van der Waals surface area contributed by atoms with E-state index in [1.807, 2.05) is 12.3 Å². The van der Waals surface area contributed by atoms with E-state index >= 15 is 0 Å². The molecular weight excluding hydrogens is 408 g/mol. The molecular formula is C17H13ClN4O5S. The number of halogens is 1. The highest BCUT2D eigenvalue weighted by Gasteiger charge is 2.20. The molecule has 0 saturated heterocycles. The zero-order valence-electron chi connectivity index (χ0n) is 14.4. The van der Waals surface area contributed by atoms with E-state index in [0.29, 0.717) is 10.7 Å². The Labute approximate surface area is 167 Å². The van der Waals surface area contributed by atoms with Crippen LogP contribution in [0.2, 0.25) is 5.02 Å². The van der Waals surface area contributed by atoms with Crippen molar-refractivity contribution in [3.05, 3.63) is 63.4 Å². The molecule has 3 aromatic rings. The lowest BCUT2D eigenvalue weighted by molar-refractivity contribution is -0.384. The number of esters is 1. The lowest BCUT2D eigenvalue weighted by Gasteiger charge is -2.07. The highest BCUT2D eigenvalue weighted by molar-refractivity contribution is 7.98. The number of hydrogen-bond donors (Lipinski definition) is 1. The molecule has 1 aromatic carbocycles. The Balaban J connectivity index is 1.67. The summed E-state index contributed by atoms with van der Waals surface area (Å²) in [4.78, 5) is 38.7. The van der Waals surface area contributed by atoms with Crippen molar-refractivity contribution in [2.45, 2.75) is 5.16 Å². The van der Waals surface area contributed by atoms with Gasteiger partial charge in [0.15, 0.2) is 17.5 Å². The first-order chi connectivity index (χ1) is 13.4. The average Bonchev–Trinajstić information content (AvgIpc) is 3.06. The average molecular weight is 421 g/mol. The Hall–Kier alpha value is -3.11. The lowest BCUT2D eigenvalue weighted by Crippen LogP contribution is -2.21. The van der Waals surface area contributed by atoms with Crippen LogP contribution in [0.1, 0.15) is 10.5 Å². The summed E-state index contributed by atoms with van der Waals surface area (Å²) in [6.45, 7) is -0.563. The minimum Gasteiger partial charge on any atom is -0.451 e. The van der Waals surface area contributed by atoms with Crippen molar-refractivity contribution in [1.82, 2.24) is 9.38 Å². The number of nitrogens with zero attached hydrogens (tertiary/aromatic N) is 3. The number of carbonyl (C=O) groups is 2. The topological polar surface area (TPSA) is 116 Å². The van der Waals surface area contributed by atoms with Crippen LogP contribution in [0.25, 0.3) is 5.52 Å². The van der Waals surface area contributed by atoms with Gasteiger partial charge in [-0.1, -0.05) is 29.4 Å². The van der Waals surface area contributed by atoms with Crippen LogP contribution in [0.15, 0.2) is 47.8 Å². The normalized spacial score (nSPS) is 10.6. The predicted octanol–water partition coefficient (Wildman–Crippen LogP) is 3.41. The van der Waals surface area contributed by atoms with Crippen molar-refractivity contribution in [1.29, 1.82) is 0 Å². The van der Waals surface area contributed by atoms with Crippen molar-refractivity contribution in [2.24, 2.45) is 0 Å². The van der Waals surface area contributed by atoms with Crippen molar-refractivity contribution in [3.63, 3.8) is 0 Å². The minimum absolute atomic E-state index is 0.00131. The number of ether oxygens (including phenoxy) is 1. The van der Waals surface area contributed by atoms with Crippen molar-refractivity contribution in [3.8, 4) is 0 Å². The maximum Gasteiger partial charge on any atom is 0.359 e. The number of aromatic nitrogens is 2. The number of amides is 1. The molecule has 0 saturated carbocycles. The second-order valence-electron chi connectivity index (χ2n) is 5.45. The molecule has 0 aliphatic rings. The molecule has 11 heteroatoms. The molecule has 2 aromatic heterocycles. The van der Waals surface area contributed by atoms with Gasteiger partial charge in [-0.2, -0.15) is 0 Å². The molecule has 1 N–H and O–H groups in total. The molecule has 0 unspecified atom stereocenters. The number of anilines is 1. The van der Waals surface area contributed by atoms with Gasteiger partial charge in [0.2, 0.25) is 0 Å². The molecule has 0 atom stereocenters. The third-order valence-electron chi connectivity index (χ3n) is 3.66. The Morgan fingerprint density at radius 2 is 2.14 bits per heavy atom. The van der Waals surface area contributed by atoms with Gasteiger partial charge in [-0.25, -0.2) is 9.78 Å². The van der Waals surface area contributed by atoms with E-state index in [9.17, 15) is 19.7 Å². The first-order valence-electron chi connectivity index (χ1n) is 7.82. The highest BCUT2D eigenvalue weighted by Crippen LogP contribution is 2.26. The second kappa shape index (κ2) is 8.28. The number of carbonyl (C=O) groups excluding carboxylic acids is 2. The summed E-state index contributed by atoms with van der Waals surface area (Å²) in [7, 11) is 0. The summed E-state index contributed by atoms with van der Waals surface area (Å²) in [6, 6.07) is 8.92. The molecule has 0 aliphatic heterocycles. The smallest absolute Gasteiger partial charge is 0.359 e. The Kier molecular flexibility index (Phi) is 5.81. The zero-order valence-corrected chi connectivity index (χ0v) is 16.0. The molecule has 1 amide bonds. The fourth-order valence-electron chi connectivity index (χ4n) is 2.41. The molecule has 0 bridgehead atoms. The molecule has 0 fully saturated rings. The summed E-state index contributed by atoms with van der Waals surface area (Å²) < 4.78 is 6.79. The summed E-state index contributed by atoms with van der Waals surface area (Å²) in [5.41, 5.74) is 0.637. The number of nitro groups is 1. The van der Waals surface area contributed by atoms with Crippen LogP contribution in [0.4, 0.5) is 11.4 Å². The van der Waals surface area contributed by atoms with Gasteiger partial charge in [-0.3, -0.25) is 19.3 Å². The molecule has 9 nitrogen and oxygen atoms in total. The third-order valence-corrected chi connectivity index (χ3v) is 4.63. The van der Waals surface area contributed by atoms with Gasteiger partial charge in [0.1, 0.15) is 0 Å². The maximum atomic E-state index is 12.3. The van der Waals surface area contributed by atoms with Gasteiger partial charge in [0.05, 0.1) is 21.2 Å². The van der Waals surface area contributed by atoms with Crippen LogP contribution in [0.3, 0.4) is 0 Å². The summed E-state index contributed by atoms with van der Waals surface area (Å²) in [6.07, 6.45) is 3.60. The van der Waals surface area contributed by atoms with Gasteiger partial charge >= 0.3 is 5.97 Å². The van der Waals surface area contributed by atoms with E-state index in [1.165, 1.54) is 23.9 Å². The van der Waals surface area contributed by atoms with Crippen LogP contribution < -0.4 is 5.32 Å². The van der Waals surface area contributed by atoms with E-state index in [2.05, 4.69) is 10.3 Å². The van der Waals surface area contributed by atoms with E-state index < -0.39 is 23.4 Å². The van der Waals surface area contributed by atoms with Crippen LogP contribution in [0.5, 0.6) is 0 Å².